The fraction of sp³-hybridized carbons (Fsp3) is 0.370. The van der Waals surface area contributed by atoms with Gasteiger partial charge in [0.25, 0.3) is 5.91 Å². The molecular formula is C27H35N7O5. The van der Waals surface area contributed by atoms with Crippen LogP contribution in [0.2, 0.25) is 0 Å². The molecule has 3 rings (SSSR count). The minimum Gasteiger partial charge on any atom is -0.480 e. The van der Waals surface area contributed by atoms with Gasteiger partial charge in [-0.2, -0.15) is 15.0 Å². The number of carboxylic acid groups (broad SMARTS) is 1. The third-order valence-corrected chi connectivity index (χ3v) is 5.39. The molecule has 0 bridgehead atoms. The third-order valence-electron chi connectivity index (χ3n) is 5.39. The van der Waals surface area contributed by atoms with Crippen molar-refractivity contribution < 1.29 is 24.2 Å². The lowest BCUT2D eigenvalue weighted by molar-refractivity contribution is -0.137. The highest BCUT2D eigenvalue weighted by Crippen LogP contribution is 2.12. The standard InChI is InChI=1S/C27H35N7O5/c1-19-8-10-21(11-9-19)18-30-26-32-25(33-27(34-26)31-20(2)24(36)37)29-13-15-39-17-16-38-14-12-28-23(35)22-6-4-3-5-7-22/h3-11,20H,12-18H2,1-2H3,(H,28,35)(H,36,37)(H3,29,30,31,32,33,34)/t20-/m0/s1. The zero-order valence-corrected chi connectivity index (χ0v) is 22.1. The second-order valence-electron chi connectivity index (χ2n) is 8.62. The number of anilines is 3. The summed E-state index contributed by atoms with van der Waals surface area (Å²) in [5.74, 6) is -0.424. The van der Waals surface area contributed by atoms with E-state index in [0.717, 1.165) is 5.56 Å². The van der Waals surface area contributed by atoms with Crippen LogP contribution >= 0.6 is 0 Å². The molecule has 1 heterocycles. The lowest BCUT2D eigenvalue weighted by Crippen LogP contribution is -2.27. The Morgan fingerprint density at radius 1 is 0.821 bits per heavy atom. The molecule has 0 radical (unpaired) electrons. The van der Waals surface area contributed by atoms with Gasteiger partial charge in [-0.25, -0.2) is 0 Å². The van der Waals surface area contributed by atoms with Crippen molar-refractivity contribution in [1.29, 1.82) is 0 Å². The van der Waals surface area contributed by atoms with Crippen molar-refractivity contribution in [2.75, 3.05) is 55.5 Å². The molecule has 0 aliphatic heterocycles. The quantitative estimate of drug-likeness (QED) is 0.161. The average molecular weight is 538 g/mol. The summed E-state index contributed by atoms with van der Waals surface area (Å²) >= 11 is 0. The Kier molecular flexibility index (Phi) is 11.9. The molecule has 3 aromatic rings. The molecule has 5 N–H and O–H groups in total. The summed E-state index contributed by atoms with van der Waals surface area (Å²) in [5.41, 5.74) is 2.83. The normalized spacial score (nSPS) is 11.4. The van der Waals surface area contributed by atoms with Gasteiger partial charge in [0.05, 0.1) is 26.4 Å². The maximum Gasteiger partial charge on any atom is 0.325 e. The Balaban J connectivity index is 1.37. The van der Waals surface area contributed by atoms with Crippen molar-refractivity contribution in [2.45, 2.75) is 26.4 Å². The fourth-order valence-electron chi connectivity index (χ4n) is 3.23. The molecule has 2 aromatic carbocycles. The number of benzene rings is 2. The number of ether oxygens (including phenoxy) is 2. The van der Waals surface area contributed by atoms with Crippen molar-refractivity contribution in [3.63, 3.8) is 0 Å². The Hall–Kier alpha value is -4.29. The SMILES string of the molecule is Cc1ccc(CNc2nc(NCCOCCOCCNC(=O)c3ccccc3)nc(N[C@@H](C)C(=O)O)n2)cc1. The molecule has 1 aromatic heterocycles. The van der Waals surface area contributed by atoms with Crippen molar-refractivity contribution in [3.8, 4) is 0 Å². The summed E-state index contributed by atoms with van der Waals surface area (Å²) in [7, 11) is 0. The van der Waals surface area contributed by atoms with Crippen molar-refractivity contribution >= 4 is 29.7 Å². The predicted octanol–water partition coefficient (Wildman–Crippen LogP) is 2.55. The number of aliphatic carboxylic acids is 1. The van der Waals surface area contributed by atoms with Gasteiger partial charge in [0.15, 0.2) is 0 Å². The number of amides is 1. The van der Waals surface area contributed by atoms with Gasteiger partial charge in [0, 0.05) is 25.2 Å². The monoisotopic (exact) mass is 537 g/mol. The van der Waals surface area contributed by atoms with Crippen LogP contribution in [0.15, 0.2) is 54.6 Å². The first kappa shape index (κ1) is 29.3. The van der Waals surface area contributed by atoms with E-state index in [1.54, 1.807) is 12.1 Å². The van der Waals surface area contributed by atoms with Gasteiger partial charge >= 0.3 is 5.97 Å². The second-order valence-corrected chi connectivity index (χ2v) is 8.62. The molecule has 208 valence electrons. The molecule has 12 heteroatoms. The molecule has 0 saturated carbocycles. The molecule has 0 aliphatic carbocycles. The van der Waals surface area contributed by atoms with E-state index in [0.29, 0.717) is 57.6 Å². The number of rotatable bonds is 17. The third kappa shape index (κ3) is 10.9. The average Bonchev–Trinajstić information content (AvgIpc) is 2.94. The van der Waals surface area contributed by atoms with Crippen LogP contribution in [0.3, 0.4) is 0 Å². The van der Waals surface area contributed by atoms with Gasteiger partial charge in [0.2, 0.25) is 17.8 Å². The van der Waals surface area contributed by atoms with E-state index in [1.165, 1.54) is 12.5 Å². The highest BCUT2D eigenvalue weighted by molar-refractivity contribution is 5.94. The summed E-state index contributed by atoms with van der Waals surface area (Å²) in [6, 6.07) is 16.2. The van der Waals surface area contributed by atoms with Crippen LogP contribution in [0.4, 0.5) is 17.8 Å². The first-order valence-corrected chi connectivity index (χ1v) is 12.7. The molecule has 1 atom stereocenters. The zero-order valence-electron chi connectivity index (χ0n) is 22.1. The first-order valence-electron chi connectivity index (χ1n) is 12.7. The lowest BCUT2D eigenvalue weighted by Gasteiger charge is -2.13. The summed E-state index contributed by atoms with van der Waals surface area (Å²) in [6.07, 6.45) is 0. The van der Waals surface area contributed by atoms with Crippen LogP contribution in [-0.4, -0.2) is 77.5 Å². The number of carboxylic acids is 1. The maximum absolute atomic E-state index is 12.0. The smallest absolute Gasteiger partial charge is 0.325 e. The van der Waals surface area contributed by atoms with Gasteiger partial charge in [-0.15, -0.1) is 0 Å². The van der Waals surface area contributed by atoms with Gasteiger partial charge in [-0.1, -0.05) is 48.0 Å². The minimum absolute atomic E-state index is 0.135. The van der Waals surface area contributed by atoms with Gasteiger partial charge < -0.3 is 35.8 Å². The molecule has 0 unspecified atom stereocenters. The van der Waals surface area contributed by atoms with Crippen LogP contribution in [0, 0.1) is 6.92 Å². The van der Waals surface area contributed by atoms with Gasteiger partial charge in [-0.05, 0) is 31.5 Å². The molecule has 39 heavy (non-hydrogen) atoms. The van der Waals surface area contributed by atoms with E-state index in [4.69, 9.17) is 9.47 Å². The summed E-state index contributed by atoms with van der Waals surface area (Å²) in [5, 5.41) is 21.0. The van der Waals surface area contributed by atoms with Crippen LogP contribution in [0.25, 0.3) is 0 Å². The van der Waals surface area contributed by atoms with E-state index in [2.05, 4.69) is 36.2 Å². The first-order chi connectivity index (χ1) is 18.9. The Labute approximate surface area is 227 Å². The molecule has 12 nitrogen and oxygen atoms in total. The van der Waals surface area contributed by atoms with Crippen LogP contribution in [0.1, 0.15) is 28.4 Å². The summed E-state index contributed by atoms with van der Waals surface area (Å²) in [4.78, 5) is 36.1. The van der Waals surface area contributed by atoms with Crippen LogP contribution in [0.5, 0.6) is 0 Å². The highest BCUT2D eigenvalue weighted by atomic mass is 16.5. The van der Waals surface area contributed by atoms with Crippen molar-refractivity contribution in [1.82, 2.24) is 20.3 Å². The van der Waals surface area contributed by atoms with Crippen molar-refractivity contribution in [2.24, 2.45) is 0 Å². The maximum atomic E-state index is 12.0. The number of hydrogen-bond donors (Lipinski definition) is 5. The molecule has 0 saturated heterocycles. The predicted molar refractivity (Wildman–Crippen MR) is 148 cm³/mol. The molecule has 1 amide bonds. The van der Waals surface area contributed by atoms with Crippen LogP contribution in [-0.2, 0) is 20.8 Å². The molecule has 0 spiro atoms. The fourth-order valence-corrected chi connectivity index (χ4v) is 3.23. The Bertz CT molecular complexity index is 1180. The number of carbonyl (C=O) groups excluding carboxylic acids is 1. The Morgan fingerprint density at radius 2 is 1.44 bits per heavy atom. The van der Waals surface area contributed by atoms with E-state index in [9.17, 15) is 14.7 Å². The van der Waals surface area contributed by atoms with E-state index in [-0.39, 0.29) is 17.8 Å². The minimum atomic E-state index is -1.02. The summed E-state index contributed by atoms with van der Waals surface area (Å²) in [6.45, 7) is 6.39. The highest BCUT2D eigenvalue weighted by Gasteiger charge is 2.14. The van der Waals surface area contributed by atoms with E-state index in [1.807, 2.05) is 49.4 Å². The van der Waals surface area contributed by atoms with E-state index < -0.39 is 12.0 Å². The number of nitrogens with one attached hydrogen (secondary N) is 4. The van der Waals surface area contributed by atoms with Gasteiger partial charge in [0.1, 0.15) is 6.04 Å². The molecule has 0 aliphatic rings. The van der Waals surface area contributed by atoms with Crippen molar-refractivity contribution in [3.05, 3.63) is 71.3 Å². The lowest BCUT2D eigenvalue weighted by atomic mass is 10.1. The van der Waals surface area contributed by atoms with Crippen LogP contribution < -0.4 is 21.3 Å². The number of nitrogens with zero attached hydrogens (tertiary/aromatic N) is 3. The summed E-state index contributed by atoms with van der Waals surface area (Å²) < 4.78 is 11.1. The molecular weight excluding hydrogens is 502 g/mol. The second kappa shape index (κ2) is 15.8. The van der Waals surface area contributed by atoms with Gasteiger partial charge in [-0.3, -0.25) is 9.59 Å². The number of aryl methyl sites for hydroxylation is 1. The number of hydrogen-bond acceptors (Lipinski definition) is 10. The topological polar surface area (TPSA) is 160 Å². The zero-order chi connectivity index (χ0) is 27.9. The number of carbonyl (C=O) groups is 2. The largest absolute Gasteiger partial charge is 0.480 e. The van der Waals surface area contributed by atoms with E-state index >= 15 is 0 Å². The molecule has 0 fully saturated rings. The number of aromatic nitrogens is 3. The Morgan fingerprint density at radius 3 is 2.10 bits per heavy atom.